The van der Waals surface area contributed by atoms with Gasteiger partial charge in [0, 0.05) is 5.92 Å². The van der Waals surface area contributed by atoms with Crippen molar-refractivity contribution in [1.29, 1.82) is 0 Å². The van der Waals surface area contributed by atoms with Crippen LogP contribution in [-0.4, -0.2) is 10.9 Å². The number of phenolic OH excluding ortho intramolecular Hbond substituents is 1. The van der Waals surface area contributed by atoms with Crippen molar-refractivity contribution in [1.82, 2.24) is 0 Å². The predicted molar refractivity (Wildman–Crippen MR) is 56.6 cm³/mol. The van der Waals surface area contributed by atoms with Crippen LogP contribution in [0.2, 0.25) is 0 Å². The topological polar surface area (TPSA) is 37.3 Å². The number of ketones is 1. The fourth-order valence-electron chi connectivity index (χ4n) is 1.11. The molecule has 1 aromatic rings. The van der Waals surface area contributed by atoms with Crippen LogP contribution in [-0.2, 0) is 0 Å². The van der Waals surface area contributed by atoms with E-state index in [0.717, 1.165) is 5.30 Å². The highest BCUT2D eigenvalue weighted by Gasteiger charge is 2.16. The molecule has 1 N–H and O–H groups in total. The molecule has 0 heterocycles. The normalized spacial score (nSPS) is 10.5. The van der Waals surface area contributed by atoms with Gasteiger partial charge in [0.15, 0.2) is 5.78 Å². The second-order valence-electron chi connectivity index (χ2n) is 3.26. The maximum atomic E-state index is 11.6. The molecule has 0 amide bonds. The van der Waals surface area contributed by atoms with Crippen molar-refractivity contribution in [3.8, 4) is 5.75 Å². The summed E-state index contributed by atoms with van der Waals surface area (Å²) in [5.41, 5.74) is 0.419. The summed E-state index contributed by atoms with van der Waals surface area (Å²) in [4.78, 5) is 11.6. The minimum absolute atomic E-state index is 0.0249. The molecule has 0 aromatic heterocycles. The summed E-state index contributed by atoms with van der Waals surface area (Å²) in [7, 11) is 2.45. The number of carbonyl (C=O) groups is 1. The van der Waals surface area contributed by atoms with Crippen LogP contribution < -0.4 is 5.30 Å². The van der Waals surface area contributed by atoms with Crippen molar-refractivity contribution >= 4 is 20.3 Å². The van der Waals surface area contributed by atoms with Gasteiger partial charge in [0.25, 0.3) is 0 Å². The third kappa shape index (κ3) is 2.07. The van der Waals surface area contributed by atoms with Gasteiger partial charge < -0.3 is 5.11 Å². The third-order valence-corrected chi connectivity index (χ3v) is 2.33. The van der Waals surface area contributed by atoms with Crippen molar-refractivity contribution in [2.45, 2.75) is 13.8 Å². The number of hydrogen-bond acceptors (Lipinski definition) is 2. The Labute approximate surface area is 80.2 Å². The van der Waals surface area contributed by atoms with Crippen molar-refractivity contribution < 1.29 is 9.90 Å². The Bertz CT molecular complexity index is 311. The van der Waals surface area contributed by atoms with E-state index in [4.69, 9.17) is 0 Å². The number of hydrogen-bond donors (Lipinski definition) is 1. The molecule has 2 nitrogen and oxygen atoms in total. The Hall–Kier alpha value is -0.880. The van der Waals surface area contributed by atoms with Gasteiger partial charge in [-0.05, 0) is 11.4 Å². The molecule has 1 aromatic carbocycles. The third-order valence-electron chi connectivity index (χ3n) is 1.85. The van der Waals surface area contributed by atoms with E-state index in [9.17, 15) is 9.90 Å². The van der Waals surface area contributed by atoms with Crippen LogP contribution in [0.5, 0.6) is 5.75 Å². The van der Waals surface area contributed by atoms with Gasteiger partial charge in [0.2, 0.25) is 0 Å². The predicted octanol–water partition coefficient (Wildman–Crippen LogP) is 1.73. The zero-order valence-corrected chi connectivity index (χ0v) is 8.90. The maximum absolute atomic E-state index is 11.6. The van der Waals surface area contributed by atoms with E-state index >= 15 is 0 Å². The standard InChI is InChI=1S/C10H13O2P/c1-6(2)10(12)9-7(11)4-3-5-8(9)13/h3-6,11H,13H2,1-2H3. The SMILES string of the molecule is CC(C)C(=O)c1c(O)cccc1P. The molecule has 1 rings (SSSR count). The second-order valence-corrected chi connectivity index (χ2v) is 3.88. The average molecular weight is 196 g/mol. The molecular weight excluding hydrogens is 183 g/mol. The van der Waals surface area contributed by atoms with Crippen LogP contribution in [0.4, 0.5) is 0 Å². The molecule has 13 heavy (non-hydrogen) atoms. The van der Waals surface area contributed by atoms with Crippen LogP contribution in [0.15, 0.2) is 18.2 Å². The highest BCUT2D eigenvalue weighted by molar-refractivity contribution is 7.27. The van der Waals surface area contributed by atoms with Gasteiger partial charge in [0.05, 0.1) is 5.56 Å². The first-order valence-electron chi connectivity index (χ1n) is 4.15. The van der Waals surface area contributed by atoms with E-state index in [1.807, 2.05) is 13.8 Å². The molecule has 3 heteroatoms. The number of aromatic hydroxyl groups is 1. The molecule has 70 valence electrons. The Balaban J connectivity index is 3.20. The molecule has 0 aliphatic carbocycles. The highest BCUT2D eigenvalue weighted by Crippen LogP contribution is 2.19. The molecule has 1 atom stereocenters. The number of rotatable bonds is 2. The first-order chi connectivity index (χ1) is 6.04. The maximum Gasteiger partial charge on any atom is 0.169 e. The van der Waals surface area contributed by atoms with Crippen LogP contribution in [0.3, 0.4) is 0 Å². The summed E-state index contributed by atoms with van der Waals surface area (Å²) in [6, 6.07) is 5.04. The lowest BCUT2D eigenvalue weighted by atomic mass is 10.0. The molecule has 0 aliphatic heterocycles. The van der Waals surface area contributed by atoms with Crippen molar-refractivity contribution in [2.75, 3.05) is 0 Å². The van der Waals surface area contributed by atoms with Gasteiger partial charge >= 0.3 is 0 Å². The van der Waals surface area contributed by atoms with Crippen molar-refractivity contribution in [3.05, 3.63) is 23.8 Å². The number of phenols is 1. The average Bonchev–Trinajstić information content (AvgIpc) is 2.03. The fourth-order valence-corrected chi connectivity index (χ4v) is 1.52. The van der Waals surface area contributed by atoms with E-state index in [2.05, 4.69) is 9.24 Å². The van der Waals surface area contributed by atoms with Gasteiger partial charge in [0.1, 0.15) is 5.75 Å². The lowest BCUT2D eigenvalue weighted by Gasteiger charge is -2.08. The van der Waals surface area contributed by atoms with Gasteiger partial charge in [-0.1, -0.05) is 26.0 Å². The van der Waals surface area contributed by atoms with E-state index in [1.54, 1.807) is 12.1 Å². The van der Waals surface area contributed by atoms with E-state index in [-0.39, 0.29) is 17.5 Å². The molecule has 0 fully saturated rings. The van der Waals surface area contributed by atoms with Gasteiger partial charge in [-0.3, -0.25) is 4.79 Å². The lowest BCUT2D eigenvalue weighted by molar-refractivity contribution is 0.0938. The molecule has 0 bridgehead atoms. The number of carbonyl (C=O) groups excluding carboxylic acids is 1. The molecule has 0 spiro atoms. The van der Waals surface area contributed by atoms with Crippen LogP contribution in [0.1, 0.15) is 24.2 Å². The van der Waals surface area contributed by atoms with E-state index < -0.39 is 0 Å². The Morgan fingerprint density at radius 1 is 1.46 bits per heavy atom. The number of Topliss-reactive ketones (excluding diaryl/α,β-unsaturated/α-hetero) is 1. The monoisotopic (exact) mass is 196 g/mol. The van der Waals surface area contributed by atoms with E-state index in [0.29, 0.717) is 5.56 Å². The summed E-state index contributed by atoms with van der Waals surface area (Å²) in [6.07, 6.45) is 0. The van der Waals surface area contributed by atoms with Crippen LogP contribution in [0.25, 0.3) is 0 Å². The zero-order valence-electron chi connectivity index (χ0n) is 7.74. The summed E-state index contributed by atoms with van der Waals surface area (Å²) in [5.74, 6) is -0.0538. The second kappa shape index (κ2) is 3.89. The summed E-state index contributed by atoms with van der Waals surface area (Å²) >= 11 is 0. The summed E-state index contributed by atoms with van der Waals surface area (Å²) < 4.78 is 0. The van der Waals surface area contributed by atoms with Crippen molar-refractivity contribution in [3.63, 3.8) is 0 Å². The van der Waals surface area contributed by atoms with Crippen LogP contribution in [0, 0.1) is 5.92 Å². The zero-order chi connectivity index (χ0) is 10.0. The smallest absolute Gasteiger partial charge is 0.169 e. The van der Waals surface area contributed by atoms with E-state index in [1.165, 1.54) is 6.07 Å². The van der Waals surface area contributed by atoms with Crippen LogP contribution >= 0.6 is 9.24 Å². The van der Waals surface area contributed by atoms with Gasteiger partial charge in [-0.25, -0.2) is 0 Å². The number of benzene rings is 1. The lowest BCUT2D eigenvalue weighted by Crippen LogP contribution is -2.15. The molecule has 0 saturated carbocycles. The van der Waals surface area contributed by atoms with Crippen molar-refractivity contribution in [2.24, 2.45) is 5.92 Å². The summed E-state index contributed by atoms with van der Waals surface area (Å²) in [6.45, 7) is 3.64. The van der Waals surface area contributed by atoms with Gasteiger partial charge in [-0.2, -0.15) is 0 Å². The fraction of sp³-hybridized carbons (Fsp3) is 0.300. The first-order valence-corrected chi connectivity index (χ1v) is 4.73. The minimum atomic E-state index is -0.0902. The Kier molecular flexibility index (Phi) is 3.05. The molecule has 0 aliphatic rings. The highest BCUT2D eigenvalue weighted by atomic mass is 31.0. The Morgan fingerprint density at radius 2 is 2.08 bits per heavy atom. The van der Waals surface area contributed by atoms with Gasteiger partial charge in [-0.15, -0.1) is 9.24 Å². The Morgan fingerprint density at radius 3 is 2.54 bits per heavy atom. The molecular formula is C10H13O2P. The first kappa shape index (κ1) is 10.2. The molecule has 1 unspecified atom stereocenters. The quantitative estimate of drug-likeness (QED) is 0.577. The summed E-state index contributed by atoms with van der Waals surface area (Å²) in [5, 5.41) is 10.2. The molecule has 0 radical (unpaired) electrons. The largest absolute Gasteiger partial charge is 0.507 e. The molecule has 0 saturated heterocycles. The minimum Gasteiger partial charge on any atom is -0.507 e.